The van der Waals surface area contributed by atoms with Gasteiger partial charge in [0.05, 0.1) is 0 Å². The number of rotatable bonds is 2. The molecule has 0 aliphatic rings. The van der Waals surface area contributed by atoms with E-state index in [0.29, 0.717) is 0 Å². The summed E-state index contributed by atoms with van der Waals surface area (Å²) < 4.78 is 0. The summed E-state index contributed by atoms with van der Waals surface area (Å²) in [4.78, 5) is 7.59. The van der Waals surface area contributed by atoms with Crippen molar-refractivity contribution in [2.24, 2.45) is 0 Å². The summed E-state index contributed by atoms with van der Waals surface area (Å²) >= 11 is 0. The number of nitrogens with one attached hydrogen (secondary N) is 2. The highest BCUT2D eigenvalue weighted by Crippen LogP contribution is 2.25. The Bertz CT molecular complexity index is 735. The van der Waals surface area contributed by atoms with Gasteiger partial charge in [-0.3, -0.25) is 0 Å². The van der Waals surface area contributed by atoms with Crippen molar-refractivity contribution in [2.45, 2.75) is 26.2 Å². The molecule has 2 heterocycles. The molecule has 2 aromatic heterocycles. The molecular formula is C17H19N3. The van der Waals surface area contributed by atoms with Gasteiger partial charge in [0.2, 0.25) is 0 Å². The van der Waals surface area contributed by atoms with E-state index in [0.717, 1.165) is 17.0 Å². The Kier molecular flexibility index (Phi) is 2.97. The molecule has 0 aliphatic heterocycles. The van der Waals surface area contributed by atoms with E-state index >= 15 is 0 Å². The Balaban J connectivity index is 1.90. The summed E-state index contributed by atoms with van der Waals surface area (Å²) in [5, 5.41) is 4.57. The number of fused-ring (bicyclic) bond motifs is 1. The van der Waals surface area contributed by atoms with Crippen LogP contribution in [0.25, 0.3) is 10.9 Å². The third kappa shape index (κ3) is 2.52. The van der Waals surface area contributed by atoms with Crippen LogP contribution in [0.5, 0.6) is 0 Å². The van der Waals surface area contributed by atoms with Gasteiger partial charge in [0.15, 0.2) is 0 Å². The summed E-state index contributed by atoms with van der Waals surface area (Å²) in [5.74, 6) is 0.882. The molecule has 0 atom stereocenters. The molecule has 1 aromatic carbocycles. The van der Waals surface area contributed by atoms with Crippen molar-refractivity contribution in [1.82, 2.24) is 9.97 Å². The average molecular weight is 265 g/mol. The van der Waals surface area contributed by atoms with Crippen molar-refractivity contribution in [3.63, 3.8) is 0 Å². The van der Waals surface area contributed by atoms with Gasteiger partial charge in [-0.05, 0) is 47.4 Å². The van der Waals surface area contributed by atoms with E-state index in [1.807, 2.05) is 12.4 Å². The molecule has 3 rings (SSSR count). The lowest BCUT2D eigenvalue weighted by molar-refractivity contribution is 0.589. The maximum absolute atomic E-state index is 4.40. The smallest absolute Gasteiger partial charge is 0.130 e. The van der Waals surface area contributed by atoms with Crippen molar-refractivity contribution in [3.05, 3.63) is 54.4 Å². The molecule has 3 heteroatoms. The van der Waals surface area contributed by atoms with E-state index in [9.17, 15) is 0 Å². The number of nitrogens with zero attached hydrogens (tertiary/aromatic N) is 1. The molecule has 102 valence electrons. The minimum Gasteiger partial charge on any atom is -0.361 e. The van der Waals surface area contributed by atoms with Crippen LogP contribution in [0.2, 0.25) is 0 Å². The van der Waals surface area contributed by atoms with Crippen LogP contribution in [0.3, 0.4) is 0 Å². The Morgan fingerprint density at radius 1 is 1.05 bits per heavy atom. The van der Waals surface area contributed by atoms with Crippen molar-refractivity contribution >= 4 is 22.4 Å². The molecular weight excluding hydrogens is 246 g/mol. The summed E-state index contributed by atoms with van der Waals surface area (Å²) in [7, 11) is 0. The average Bonchev–Trinajstić information content (AvgIpc) is 2.85. The van der Waals surface area contributed by atoms with E-state index < -0.39 is 0 Å². The van der Waals surface area contributed by atoms with Crippen LogP contribution in [0, 0.1) is 0 Å². The number of aromatic nitrogens is 2. The minimum absolute atomic E-state index is 0.129. The van der Waals surface area contributed by atoms with Crippen LogP contribution in [0.15, 0.2) is 48.8 Å². The van der Waals surface area contributed by atoms with Gasteiger partial charge in [-0.2, -0.15) is 0 Å². The number of aromatic amines is 1. The zero-order chi connectivity index (χ0) is 14.2. The normalized spacial score (nSPS) is 11.8. The lowest BCUT2D eigenvalue weighted by Gasteiger charge is -2.19. The van der Waals surface area contributed by atoms with Gasteiger partial charge in [0.1, 0.15) is 5.82 Å². The fraction of sp³-hybridized carbons (Fsp3) is 0.235. The van der Waals surface area contributed by atoms with Gasteiger partial charge in [0.25, 0.3) is 0 Å². The zero-order valence-corrected chi connectivity index (χ0v) is 12.1. The Morgan fingerprint density at radius 3 is 2.70 bits per heavy atom. The highest BCUT2D eigenvalue weighted by atomic mass is 15.0. The monoisotopic (exact) mass is 265 g/mol. The van der Waals surface area contributed by atoms with Crippen molar-refractivity contribution in [3.8, 4) is 0 Å². The van der Waals surface area contributed by atoms with Crippen molar-refractivity contribution in [2.75, 3.05) is 5.32 Å². The number of H-pyrrole nitrogens is 1. The first-order chi connectivity index (χ1) is 9.52. The fourth-order valence-corrected chi connectivity index (χ4v) is 2.24. The highest BCUT2D eigenvalue weighted by Gasteiger charge is 2.14. The van der Waals surface area contributed by atoms with Gasteiger partial charge in [-0.25, -0.2) is 4.98 Å². The van der Waals surface area contributed by atoms with Crippen molar-refractivity contribution in [1.29, 1.82) is 0 Å². The Labute approximate surface area is 119 Å². The number of pyridine rings is 1. The molecule has 0 fully saturated rings. The third-order valence-electron chi connectivity index (χ3n) is 3.45. The van der Waals surface area contributed by atoms with Crippen LogP contribution in [-0.4, -0.2) is 9.97 Å². The van der Waals surface area contributed by atoms with Crippen LogP contribution < -0.4 is 5.32 Å². The lowest BCUT2D eigenvalue weighted by Crippen LogP contribution is -2.11. The molecule has 20 heavy (non-hydrogen) atoms. The molecule has 0 radical (unpaired) electrons. The van der Waals surface area contributed by atoms with Crippen LogP contribution in [-0.2, 0) is 5.41 Å². The molecule has 0 saturated heterocycles. The maximum Gasteiger partial charge on any atom is 0.130 e. The first-order valence-electron chi connectivity index (χ1n) is 6.83. The number of hydrogen-bond acceptors (Lipinski definition) is 2. The van der Waals surface area contributed by atoms with E-state index in [-0.39, 0.29) is 5.41 Å². The standard InChI is InChI=1S/C17H19N3/c1-17(2,3)13-7-9-19-16(11-13)20-14-4-5-15-12(10-14)6-8-18-15/h4-11,18H,1-3H3,(H,19,20). The molecule has 0 bridgehead atoms. The largest absolute Gasteiger partial charge is 0.361 e. The molecule has 3 nitrogen and oxygen atoms in total. The second-order valence-electron chi connectivity index (χ2n) is 6.08. The predicted molar refractivity (Wildman–Crippen MR) is 84.5 cm³/mol. The quantitative estimate of drug-likeness (QED) is 0.710. The number of benzene rings is 1. The molecule has 2 N–H and O–H groups in total. The van der Waals surface area contributed by atoms with E-state index in [2.05, 4.69) is 72.5 Å². The maximum atomic E-state index is 4.40. The topological polar surface area (TPSA) is 40.7 Å². The van der Waals surface area contributed by atoms with E-state index in [1.54, 1.807) is 0 Å². The lowest BCUT2D eigenvalue weighted by atomic mass is 9.88. The summed E-state index contributed by atoms with van der Waals surface area (Å²) in [6.45, 7) is 6.62. The molecule has 3 aromatic rings. The second-order valence-corrected chi connectivity index (χ2v) is 6.08. The molecule has 0 saturated carbocycles. The van der Waals surface area contributed by atoms with Crippen molar-refractivity contribution < 1.29 is 0 Å². The molecule has 0 unspecified atom stereocenters. The van der Waals surface area contributed by atoms with E-state index in [4.69, 9.17) is 0 Å². The number of anilines is 2. The number of hydrogen-bond donors (Lipinski definition) is 2. The van der Waals surface area contributed by atoms with Gasteiger partial charge < -0.3 is 10.3 Å². The first-order valence-corrected chi connectivity index (χ1v) is 6.83. The minimum atomic E-state index is 0.129. The zero-order valence-electron chi connectivity index (χ0n) is 12.1. The van der Waals surface area contributed by atoms with E-state index in [1.165, 1.54) is 10.9 Å². The van der Waals surface area contributed by atoms with Gasteiger partial charge >= 0.3 is 0 Å². The van der Waals surface area contributed by atoms with Gasteiger partial charge in [0, 0.05) is 29.0 Å². The Morgan fingerprint density at radius 2 is 1.90 bits per heavy atom. The first kappa shape index (κ1) is 12.7. The second kappa shape index (κ2) is 4.67. The Hall–Kier alpha value is -2.29. The molecule has 0 amide bonds. The summed E-state index contributed by atoms with van der Waals surface area (Å²) in [6.07, 6.45) is 3.81. The summed E-state index contributed by atoms with van der Waals surface area (Å²) in [5.41, 5.74) is 3.60. The SMILES string of the molecule is CC(C)(C)c1ccnc(Nc2ccc3[nH]ccc3c2)c1. The van der Waals surface area contributed by atoms with Crippen LogP contribution in [0.1, 0.15) is 26.3 Å². The van der Waals surface area contributed by atoms with Gasteiger partial charge in [-0.1, -0.05) is 20.8 Å². The highest BCUT2D eigenvalue weighted by molar-refractivity contribution is 5.83. The van der Waals surface area contributed by atoms with Crippen LogP contribution >= 0.6 is 0 Å². The predicted octanol–water partition coefficient (Wildman–Crippen LogP) is 4.60. The molecule has 0 aliphatic carbocycles. The summed E-state index contributed by atoms with van der Waals surface area (Å²) in [6, 6.07) is 12.5. The molecule has 0 spiro atoms. The third-order valence-corrected chi connectivity index (χ3v) is 3.45. The van der Waals surface area contributed by atoms with Gasteiger partial charge in [-0.15, -0.1) is 0 Å². The fourth-order valence-electron chi connectivity index (χ4n) is 2.24. The van der Waals surface area contributed by atoms with Crippen LogP contribution in [0.4, 0.5) is 11.5 Å².